The molecule has 0 radical (unpaired) electrons. The maximum absolute atomic E-state index is 13.9. The molecule has 6 rings (SSSR count). The van der Waals surface area contributed by atoms with Crippen molar-refractivity contribution in [2.75, 3.05) is 44.8 Å². The van der Waals surface area contributed by atoms with Crippen LogP contribution >= 0.6 is 0 Å². The minimum absolute atomic E-state index is 0.0284. The number of benzene rings is 2. The number of carbonyl (C=O) groups is 2. The first kappa shape index (κ1) is 23.5. The average molecular weight is 490 g/mol. The van der Waals surface area contributed by atoms with Gasteiger partial charge in [-0.3, -0.25) is 20.5 Å². The SMILES string of the molecule is CN(C(=O)c1cccc(CN2C(=O)N(c3ccc(C4CNNC4)cc3)CC23CCOCC3)c1)C1CC1. The molecule has 3 amide bonds. The van der Waals surface area contributed by atoms with Gasteiger partial charge in [-0.25, -0.2) is 4.79 Å². The number of hydrazine groups is 1. The van der Waals surface area contributed by atoms with Gasteiger partial charge in [0, 0.05) is 63.1 Å². The second kappa shape index (κ2) is 9.50. The van der Waals surface area contributed by atoms with Crippen LogP contribution in [0.3, 0.4) is 0 Å². The number of anilines is 1. The van der Waals surface area contributed by atoms with Gasteiger partial charge in [0.25, 0.3) is 5.91 Å². The van der Waals surface area contributed by atoms with Crippen LogP contribution in [0.25, 0.3) is 0 Å². The Balaban J connectivity index is 1.24. The van der Waals surface area contributed by atoms with Crippen LogP contribution in [0.1, 0.15) is 53.1 Å². The number of amides is 3. The number of nitrogens with one attached hydrogen (secondary N) is 2. The average Bonchev–Trinajstić information content (AvgIpc) is 3.56. The van der Waals surface area contributed by atoms with Gasteiger partial charge in [-0.15, -0.1) is 0 Å². The van der Waals surface area contributed by atoms with E-state index in [1.54, 1.807) is 0 Å². The molecule has 0 unspecified atom stereocenters. The summed E-state index contributed by atoms with van der Waals surface area (Å²) in [5.74, 6) is 0.503. The third-order valence-electron chi connectivity index (χ3n) is 8.34. The summed E-state index contributed by atoms with van der Waals surface area (Å²) in [4.78, 5) is 32.6. The van der Waals surface area contributed by atoms with Crippen molar-refractivity contribution < 1.29 is 14.3 Å². The van der Waals surface area contributed by atoms with E-state index in [1.807, 2.05) is 46.0 Å². The Morgan fingerprint density at radius 2 is 1.81 bits per heavy atom. The van der Waals surface area contributed by atoms with E-state index in [4.69, 9.17) is 4.74 Å². The number of urea groups is 1. The first-order chi connectivity index (χ1) is 17.5. The summed E-state index contributed by atoms with van der Waals surface area (Å²) >= 11 is 0. The predicted octanol–water partition coefficient (Wildman–Crippen LogP) is 3.10. The highest BCUT2D eigenvalue weighted by molar-refractivity contribution is 5.96. The van der Waals surface area contributed by atoms with Gasteiger partial charge in [0.1, 0.15) is 0 Å². The van der Waals surface area contributed by atoms with Gasteiger partial charge < -0.3 is 14.5 Å². The molecule has 1 aliphatic carbocycles. The maximum atomic E-state index is 13.9. The van der Waals surface area contributed by atoms with Crippen molar-refractivity contribution in [2.24, 2.45) is 0 Å². The normalized spacial score (nSPS) is 22.0. The summed E-state index contributed by atoms with van der Waals surface area (Å²) in [5.41, 5.74) is 10.00. The Kier molecular flexibility index (Phi) is 6.19. The minimum Gasteiger partial charge on any atom is -0.381 e. The fourth-order valence-electron chi connectivity index (χ4n) is 5.85. The van der Waals surface area contributed by atoms with Gasteiger partial charge in [-0.05, 0) is 61.1 Å². The van der Waals surface area contributed by atoms with Crippen LogP contribution in [0.4, 0.5) is 10.5 Å². The van der Waals surface area contributed by atoms with Gasteiger partial charge in [-0.1, -0.05) is 24.3 Å². The summed E-state index contributed by atoms with van der Waals surface area (Å²) < 4.78 is 5.69. The Morgan fingerprint density at radius 1 is 1.08 bits per heavy atom. The van der Waals surface area contributed by atoms with E-state index in [2.05, 4.69) is 35.1 Å². The van der Waals surface area contributed by atoms with Crippen molar-refractivity contribution in [1.82, 2.24) is 20.7 Å². The standard InChI is InChI=1S/C28H35N5O3/c1-31(24-9-10-24)26(34)22-4-2-3-20(15-22)18-33-27(35)32(19-28(33)11-13-36-14-12-28)25-7-5-21(6-8-25)23-16-29-30-17-23/h2-8,15,23-24,29-30H,9-14,16-19H2,1H3. The molecular formula is C28H35N5O3. The van der Waals surface area contributed by atoms with Crippen LogP contribution < -0.4 is 15.8 Å². The van der Waals surface area contributed by atoms with Crippen LogP contribution in [0.5, 0.6) is 0 Å². The lowest BCUT2D eigenvalue weighted by Crippen LogP contribution is -2.50. The van der Waals surface area contributed by atoms with Crippen LogP contribution in [0, 0.1) is 0 Å². The molecule has 3 aliphatic heterocycles. The summed E-state index contributed by atoms with van der Waals surface area (Å²) in [5, 5.41) is 0. The molecule has 4 fully saturated rings. The molecule has 3 heterocycles. The van der Waals surface area contributed by atoms with E-state index in [0.29, 0.717) is 43.8 Å². The number of rotatable bonds is 6. The molecular weight excluding hydrogens is 454 g/mol. The Morgan fingerprint density at radius 3 is 2.50 bits per heavy atom. The second-order valence-corrected chi connectivity index (χ2v) is 10.7. The molecule has 2 N–H and O–H groups in total. The third kappa shape index (κ3) is 4.38. The van der Waals surface area contributed by atoms with Crippen LogP contribution in [-0.4, -0.2) is 73.2 Å². The van der Waals surface area contributed by atoms with E-state index in [0.717, 1.165) is 50.0 Å². The topological polar surface area (TPSA) is 77.2 Å². The molecule has 1 spiro atoms. The number of ether oxygens (including phenoxy) is 1. The molecule has 190 valence electrons. The zero-order chi connectivity index (χ0) is 24.7. The highest BCUT2D eigenvalue weighted by atomic mass is 16.5. The molecule has 2 aromatic rings. The van der Waals surface area contributed by atoms with Gasteiger partial charge in [-0.2, -0.15) is 0 Å². The van der Waals surface area contributed by atoms with Crippen molar-refractivity contribution in [2.45, 2.75) is 49.7 Å². The summed E-state index contributed by atoms with van der Waals surface area (Å²) in [6.07, 6.45) is 3.80. The van der Waals surface area contributed by atoms with Gasteiger partial charge in [0.2, 0.25) is 0 Å². The van der Waals surface area contributed by atoms with Crippen molar-refractivity contribution >= 4 is 17.6 Å². The first-order valence-electron chi connectivity index (χ1n) is 13.1. The first-order valence-corrected chi connectivity index (χ1v) is 13.1. The van der Waals surface area contributed by atoms with Crippen molar-refractivity contribution in [3.8, 4) is 0 Å². The maximum Gasteiger partial charge on any atom is 0.325 e. The molecule has 0 aromatic heterocycles. The summed E-state index contributed by atoms with van der Waals surface area (Å²) in [7, 11) is 1.89. The lowest BCUT2D eigenvalue weighted by atomic mass is 9.88. The molecule has 3 saturated heterocycles. The van der Waals surface area contributed by atoms with E-state index >= 15 is 0 Å². The van der Waals surface area contributed by atoms with E-state index in [1.165, 1.54) is 5.56 Å². The lowest BCUT2D eigenvalue weighted by molar-refractivity contribution is 0.00611. The number of hydrogen-bond acceptors (Lipinski definition) is 5. The van der Waals surface area contributed by atoms with E-state index < -0.39 is 0 Å². The fourth-order valence-corrected chi connectivity index (χ4v) is 5.85. The van der Waals surface area contributed by atoms with Gasteiger partial charge in [0.15, 0.2) is 0 Å². The van der Waals surface area contributed by atoms with Crippen LogP contribution in [-0.2, 0) is 11.3 Å². The van der Waals surface area contributed by atoms with Gasteiger partial charge >= 0.3 is 6.03 Å². The monoisotopic (exact) mass is 489 g/mol. The Labute approximate surface area is 212 Å². The molecule has 36 heavy (non-hydrogen) atoms. The van der Waals surface area contributed by atoms with Crippen molar-refractivity contribution in [3.05, 3.63) is 65.2 Å². The summed E-state index contributed by atoms with van der Waals surface area (Å²) in [6.45, 7) is 4.28. The van der Waals surface area contributed by atoms with Crippen molar-refractivity contribution in [3.63, 3.8) is 0 Å². The molecule has 1 saturated carbocycles. The molecule has 4 aliphatic rings. The zero-order valence-corrected chi connectivity index (χ0v) is 20.9. The number of hydrogen-bond donors (Lipinski definition) is 2. The third-order valence-corrected chi connectivity index (χ3v) is 8.34. The smallest absolute Gasteiger partial charge is 0.325 e. The number of carbonyl (C=O) groups excluding carboxylic acids is 2. The largest absolute Gasteiger partial charge is 0.381 e. The predicted molar refractivity (Wildman–Crippen MR) is 138 cm³/mol. The van der Waals surface area contributed by atoms with Crippen molar-refractivity contribution in [1.29, 1.82) is 0 Å². The molecule has 0 bridgehead atoms. The van der Waals surface area contributed by atoms with E-state index in [9.17, 15) is 9.59 Å². The minimum atomic E-state index is -0.266. The lowest BCUT2D eigenvalue weighted by Gasteiger charge is -2.40. The zero-order valence-electron chi connectivity index (χ0n) is 20.9. The molecule has 2 aromatic carbocycles. The molecule has 8 heteroatoms. The molecule has 8 nitrogen and oxygen atoms in total. The summed E-state index contributed by atoms with van der Waals surface area (Å²) in [6, 6.07) is 16.6. The van der Waals surface area contributed by atoms with Crippen LogP contribution in [0.15, 0.2) is 48.5 Å². The van der Waals surface area contributed by atoms with Gasteiger partial charge in [0.05, 0.1) is 12.1 Å². The fraction of sp³-hybridized carbons (Fsp3) is 0.500. The second-order valence-electron chi connectivity index (χ2n) is 10.7. The number of nitrogens with zero attached hydrogens (tertiary/aromatic N) is 3. The van der Waals surface area contributed by atoms with E-state index in [-0.39, 0.29) is 17.5 Å². The highest BCUT2D eigenvalue weighted by Crippen LogP contribution is 2.39. The quantitative estimate of drug-likeness (QED) is 0.652. The highest BCUT2D eigenvalue weighted by Gasteiger charge is 2.50. The van der Waals surface area contributed by atoms with Crippen LogP contribution in [0.2, 0.25) is 0 Å². The Bertz CT molecular complexity index is 1120. The molecule has 0 atom stereocenters. The Hall–Kier alpha value is -2.94.